The van der Waals surface area contributed by atoms with Crippen molar-refractivity contribution in [2.75, 3.05) is 13.2 Å². The molecular formula is C11H14N2O6S. The summed E-state index contributed by atoms with van der Waals surface area (Å²) in [5.41, 5.74) is 2.58. The predicted octanol–water partition coefficient (Wildman–Crippen LogP) is 0.820. The Kier molecular flexibility index (Phi) is 4.04. The van der Waals surface area contributed by atoms with E-state index in [-0.39, 0.29) is 24.3 Å². The molecule has 0 aliphatic carbocycles. The third-order valence-corrected chi connectivity index (χ3v) is 4.45. The summed E-state index contributed by atoms with van der Waals surface area (Å²) in [5, 5.41) is 11.1. The minimum absolute atomic E-state index is 0.0674. The summed E-state index contributed by atoms with van der Waals surface area (Å²) in [6.07, 6.45) is -0.695. The van der Waals surface area contributed by atoms with Gasteiger partial charge in [0.2, 0.25) is 0 Å². The monoisotopic (exact) mass is 302 g/mol. The molecule has 1 atom stereocenters. The van der Waals surface area contributed by atoms with E-state index in [9.17, 15) is 18.5 Å². The first kappa shape index (κ1) is 14.9. The van der Waals surface area contributed by atoms with Crippen molar-refractivity contribution in [2.45, 2.75) is 24.8 Å². The number of hydrogen-bond acceptors (Lipinski definition) is 7. The van der Waals surface area contributed by atoms with Gasteiger partial charge in [0, 0.05) is 5.56 Å². The topological polar surface area (TPSA) is 108 Å². The zero-order chi connectivity index (χ0) is 14.9. The largest absolute Gasteiger partial charge is 0.304 e. The van der Waals surface area contributed by atoms with Gasteiger partial charge in [-0.3, -0.25) is 19.1 Å². The van der Waals surface area contributed by atoms with Gasteiger partial charge in [0.05, 0.1) is 18.1 Å². The van der Waals surface area contributed by atoms with Gasteiger partial charge < -0.3 is 0 Å². The third kappa shape index (κ3) is 2.80. The van der Waals surface area contributed by atoms with E-state index in [1.165, 1.54) is 26.0 Å². The fourth-order valence-corrected chi connectivity index (χ4v) is 3.48. The van der Waals surface area contributed by atoms with Crippen molar-refractivity contribution in [1.82, 2.24) is 5.48 Å². The standard InChI is InChI=1S/C11H14N2O6S/c1-7-3-4-8(2)11(10(7)13(14)15)20(16,17)19-9-5-12-18-6-9/h3-4,9,12H,5-6H2,1-2H3/t9-/m0/s1. The first-order valence-electron chi connectivity index (χ1n) is 5.85. The van der Waals surface area contributed by atoms with Crippen molar-refractivity contribution in [2.24, 2.45) is 0 Å². The van der Waals surface area contributed by atoms with Crippen LogP contribution in [0.2, 0.25) is 0 Å². The highest BCUT2D eigenvalue weighted by atomic mass is 32.2. The van der Waals surface area contributed by atoms with Gasteiger partial charge in [-0.15, -0.1) is 0 Å². The number of aryl methyl sites for hydroxylation is 2. The van der Waals surface area contributed by atoms with Gasteiger partial charge in [-0.05, 0) is 19.4 Å². The SMILES string of the molecule is Cc1ccc(C)c(S(=O)(=O)O[C@H]2CNOC2)c1[N+](=O)[O-]. The molecule has 9 heteroatoms. The summed E-state index contributed by atoms with van der Waals surface area (Å²) >= 11 is 0. The summed E-state index contributed by atoms with van der Waals surface area (Å²) < 4.78 is 29.5. The third-order valence-electron chi connectivity index (χ3n) is 2.91. The maximum absolute atomic E-state index is 12.3. The lowest BCUT2D eigenvalue weighted by molar-refractivity contribution is -0.388. The van der Waals surface area contributed by atoms with E-state index < -0.39 is 31.7 Å². The second-order valence-corrected chi connectivity index (χ2v) is 5.97. The van der Waals surface area contributed by atoms with E-state index >= 15 is 0 Å². The van der Waals surface area contributed by atoms with Crippen LogP contribution < -0.4 is 5.48 Å². The van der Waals surface area contributed by atoms with E-state index in [4.69, 9.17) is 9.02 Å². The number of nitro groups is 1. The Morgan fingerprint density at radius 1 is 1.40 bits per heavy atom. The molecule has 0 saturated carbocycles. The second kappa shape index (κ2) is 5.44. The Hall–Kier alpha value is -1.55. The zero-order valence-electron chi connectivity index (χ0n) is 11.0. The van der Waals surface area contributed by atoms with Crippen LogP contribution >= 0.6 is 0 Å². The molecule has 0 unspecified atom stereocenters. The van der Waals surface area contributed by atoms with Crippen LogP contribution in [0, 0.1) is 24.0 Å². The molecule has 8 nitrogen and oxygen atoms in total. The van der Waals surface area contributed by atoms with Gasteiger partial charge in [0.1, 0.15) is 6.10 Å². The molecule has 0 radical (unpaired) electrons. The molecule has 1 fully saturated rings. The van der Waals surface area contributed by atoms with Crippen LogP contribution in [0.5, 0.6) is 0 Å². The summed E-state index contributed by atoms with van der Waals surface area (Å²) in [6.45, 7) is 3.25. The number of hydrogen-bond donors (Lipinski definition) is 1. The van der Waals surface area contributed by atoms with Crippen molar-refractivity contribution in [3.05, 3.63) is 33.4 Å². The molecule has 0 aromatic heterocycles. The van der Waals surface area contributed by atoms with Crippen molar-refractivity contribution < 1.29 is 22.4 Å². The molecule has 1 aliphatic heterocycles. The fraction of sp³-hybridized carbons (Fsp3) is 0.455. The Labute approximate surface area is 115 Å². The average molecular weight is 302 g/mol. The van der Waals surface area contributed by atoms with Crippen molar-refractivity contribution in [3.63, 3.8) is 0 Å². The number of nitro benzene ring substituents is 1. The average Bonchev–Trinajstić information content (AvgIpc) is 2.83. The van der Waals surface area contributed by atoms with E-state index in [1.807, 2.05) is 0 Å². The predicted molar refractivity (Wildman–Crippen MR) is 68.6 cm³/mol. The summed E-state index contributed by atoms with van der Waals surface area (Å²) in [7, 11) is -4.23. The number of hydroxylamine groups is 1. The van der Waals surface area contributed by atoms with Crippen molar-refractivity contribution >= 4 is 15.8 Å². The van der Waals surface area contributed by atoms with E-state index in [0.29, 0.717) is 0 Å². The van der Waals surface area contributed by atoms with Crippen molar-refractivity contribution in [3.8, 4) is 0 Å². The number of benzene rings is 1. The molecule has 1 aromatic carbocycles. The Morgan fingerprint density at radius 2 is 2.05 bits per heavy atom. The van der Waals surface area contributed by atoms with Crippen LogP contribution in [-0.2, 0) is 19.1 Å². The Morgan fingerprint density at radius 3 is 2.60 bits per heavy atom. The highest BCUT2D eigenvalue weighted by Gasteiger charge is 2.34. The molecule has 1 heterocycles. The molecule has 2 rings (SSSR count). The molecular weight excluding hydrogens is 288 g/mol. The molecule has 110 valence electrons. The maximum atomic E-state index is 12.3. The molecule has 1 N–H and O–H groups in total. The first-order chi connectivity index (χ1) is 9.33. The first-order valence-corrected chi connectivity index (χ1v) is 7.26. The molecule has 0 bridgehead atoms. The van der Waals surface area contributed by atoms with Crippen LogP contribution in [0.25, 0.3) is 0 Å². The minimum atomic E-state index is -4.23. The maximum Gasteiger partial charge on any atom is 0.304 e. The molecule has 20 heavy (non-hydrogen) atoms. The van der Waals surface area contributed by atoms with Crippen LogP contribution in [0.1, 0.15) is 11.1 Å². The van der Waals surface area contributed by atoms with Gasteiger partial charge in [-0.2, -0.15) is 13.9 Å². The minimum Gasteiger partial charge on any atom is -0.299 e. The van der Waals surface area contributed by atoms with Gasteiger partial charge in [0.25, 0.3) is 5.69 Å². The van der Waals surface area contributed by atoms with Crippen LogP contribution in [-0.4, -0.2) is 32.6 Å². The number of nitrogens with one attached hydrogen (secondary N) is 1. The lowest BCUT2D eigenvalue weighted by atomic mass is 10.1. The summed E-state index contributed by atoms with van der Waals surface area (Å²) in [4.78, 5) is 14.8. The number of rotatable bonds is 4. The highest BCUT2D eigenvalue weighted by molar-refractivity contribution is 7.87. The molecule has 1 saturated heterocycles. The smallest absolute Gasteiger partial charge is 0.299 e. The van der Waals surface area contributed by atoms with Crippen LogP contribution in [0.4, 0.5) is 5.69 Å². The quantitative estimate of drug-likeness (QED) is 0.498. The normalized spacial score (nSPS) is 19.2. The molecule has 1 aromatic rings. The van der Waals surface area contributed by atoms with Gasteiger partial charge in [-0.1, -0.05) is 12.1 Å². The zero-order valence-corrected chi connectivity index (χ0v) is 11.8. The molecule has 0 amide bonds. The lowest BCUT2D eigenvalue weighted by Gasteiger charge is -2.12. The van der Waals surface area contributed by atoms with Gasteiger partial charge in [0.15, 0.2) is 4.90 Å². The Bertz CT molecular complexity index is 637. The van der Waals surface area contributed by atoms with E-state index in [1.54, 1.807) is 0 Å². The summed E-state index contributed by atoms with van der Waals surface area (Å²) in [6, 6.07) is 3.02. The van der Waals surface area contributed by atoms with Crippen LogP contribution in [0.3, 0.4) is 0 Å². The molecule has 1 aliphatic rings. The van der Waals surface area contributed by atoms with Crippen LogP contribution in [0.15, 0.2) is 17.0 Å². The van der Waals surface area contributed by atoms with E-state index in [0.717, 1.165) is 0 Å². The fourth-order valence-electron chi connectivity index (χ4n) is 1.96. The van der Waals surface area contributed by atoms with Crippen molar-refractivity contribution in [1.29, 1.82) is 0 Å². The second-order valence-electron chi connectivity index (χ2n) is 4.47. The highest BCUT2D eigenvalue weighted by Crippen LogP contribution is 2.32. The summed E-state index contributed by atoms with van der Waals surface area (Å²) in [5.74, 6) is 0. The Balaban J connectivity index is 2.50. The van der Waals surface area contributed by atoms with Gasteiger partial charge in [-0.25, -0.2) is 0 Å². The van der Waals surface area contributed by atoms with Gasteiger partial charge >= 0.3 is 10.1 Å². The lowest BCUT2D eigenvalue weighted by Crippen LogP contribution is -2.24. The molecule has 0 spiro atoms. The van der Waals surface area contributed by atoms with E-state index in [2.05, 4.69) is 5.48 Å². The number of nitrogens with zero attached hydrogens (tertiary/aromatic N) is 1.